The molecule has 7 heteroatoms. The maximum Gasteiger partial charge on any atom is 0.338 e. The molecule has 0 unspecified atom stereocenters. The lowest BCUT2D eigenvalue weighted by atomic mass is 9.97. The molecule has 0 amide bonds. The summed E-state index contributed by atoms with van der Waals surface area (Å²) in [6.45, 7) is 3.65. The summed E-state index contributed by atoms with van der Waals surface area (Å²) in [4.78, 5) is 21.4. The number of carboxylic acid groups (broad SMARTS) is 1. The van der Waals surface area contributed by atoms with Gasteiger partial charge in [-0.1, -0.05) is 18.2 Å². The van der Waals surface area contributed by atoms with E-state index in [4.69, 9.17) is 5.11 Å². The zero-order valence-electron chi connectivity index (χ0n) is 16.0. The number of para-hydroxylation sites is 1. The second-order valence-corrected chi connectivity index (χ2v) is 7.39. The van der Waals surface area contributed by atoms with E-state index in [1.165, 1.54) is 29.0 Å². The Bertz CT molecular complexity index is 959. The molecule has 1 saturated heterocycles. The van der Waals surface area contributed by atoms with Crippen LogP contribution in [0.2, 0.25) is 0 Å². The van der Waals surface area contributed by atoms with E-state index >= 15 is 0 Å². The minimum atomic E-state index is -0.998. The maximum absolute atomic E-state index is 10.9. The average molecular weight is 379 g/mol. The van der Waals surface area contributed by atoms with Crippen LogP contribution in [0.1, 0.15) is 28.9 Å². The molecule has 1 fully saturated rings. The van der Waals surface area contributed by atoms with Gasteiger partial charge in [-0.2, -0.15) is 0 Å². The molecule has 3 aromatic rings. The number of piperidine rings is 1. The first kappa shape index (κ1) is 18.4. The fourth-order valence-electron chi connectivity index (χ4n) is 3.85. The number of aromatic carboxylic acids is 1. The molecule has 146 valence electrons. The number of nitrogens with one attached hydrogen (secondary N) is 1. The van der Waals surface area contributed by atoms with E-state index in [9.17, 15) is 4.79 Å². The third-order valence-corrected chi connectivity index (χ3v) is 5.57. The summed E-state index contributed by atoms with van der Waals surface area (Å²) < 4.78 is 2.25. The number of benzene rings is 1. The highest BCUT2D eigenvalue weighted by Crippen LogP contribution is 2.21. The summed E-state index contributed by atoms with van der Waals surface area (Å²) in [6, 6.07) is 10.7. The summed E-state index contributed by atoms with van der Waals surface area (Å²) in [6.07, 6.45) is 4.91. The highest BCUT2D eigenvalue weighted by atomic mass is 16.4. The van der Waals surface area contributed by atoms with E-state index in [-0.39, 0.29) is 5.56 Å². The van der Waals surface area contributed by atoms with Crippen LogP contribution in [0.15, 0.2) is 42.7 Å². The molecule has 0 saturated carbocycles. The van der Waals surface area contributed by atoms with E-state index in [1.807, 2.05) is 0 Å². The first-order chi connectivity index (χ1) is 13.6. The van der Waals surface area contributed by atoms with Crippen molar-refractivity contribution in [2.24, 2.45) is 13.0 Å². The maximum atomic E-state index is 10.9. The number of rotatable bonds is 6. The Kier molecular flexibility index (Phi) is 5.25. The van der Waals surface area contributed by atoms with Crippen LogP contribution in [0, 0.1) is 5.92 Å². The molecule has 2 aromatic heterocycles. The molecule has 0 bridgehead atoms. The van der Waals surface area contributed by atoms with E-state index in [2.05, 4.69) is 62.1 Å². The van der Waals surface area contributed by atoms with Crippen LogP contribution in [0.3, 0.4) is 0 Å². The van der Waals surface area contributed by atoms with Crippen molar-refractivity contribution in [3.05, 3.63) is 54.0 Å². The number of nitrogens with zero attached hydrogens (tertiary/aromatic N) is 4. The average Bonchev–Trinajstić information content (AvgIpc) is 3.05. The third-order valence-electron chi connectivity index (χ3n) is 5.57. The van der Waals surface area contributed by atoms with Crippen molar-refractivity contribution in [3.8, 4) is 0 Å². The molecule has 0 aliphatic carbocycles. The van der Waals surface area contributed by atoms with Crippen LogP contribution >= 0.6 is 0 Å². The molecular weight excluding hydrogens is 354 g/mol. The molecule has 7 nitrogen and oxygen atoms in total. The van der Waals surface area contributed by atoms with Gasteiger partial charge in [0.15, 0.2) is 0 Å². The van der Waals surface area contributed by atoms with E-state index in [0.29, 0.717) is 11.9 Å². The lowest BCUT2D eigenvalue weighted by Gasteiger charge is -2.32. The van der Waals surface area contributed by atoms with Gasteiger partial charge in [0.2, 0.25) is 5.95 Å². The van der Waals surface area contributed by atoms with Crippen LogP contribution in [-0.2, 0) is 13.6 Å². The molecule has 1 aliphatic heterocycles. The molecule has 1 aliphatic rings. The van der Waals surface area contributed by atoms with Crippen molar-refractivity contribution in [1.82, 2.24) is 19.9 Å². The van der Waals surface area contributed by atoms with Gasteiger partial charge in [0, 0.05) is 50.3 Å². The lowest BCUT2D eigenvalue weighted by Crippen LogP contribution is -2.38. The second kappa shape index (κ2) is 7.98. The highest BCUT2D eigenvalue weighted by molar-refractivity contribution is 5.86. The summed E-state index contributed by atoms with van der Waals surface area (Å²) in [5.41, 5.74) is 2.68. The minimum absolute atomic E-state index is 0.121. The van der Waals surface area contributed by atoms with Gasteiger partial charge in [0.1, 0.15) is 0 Å². The smallest absolute Gasteiger partial charge is 0.338 e. The van der Waals surface area contributed by atoms with E-state index in [1.54, 1.807) is 0 Å². The Balaban J connectivity index is 1.26. The zero-order valence-corrected chi connectivity index (χ0v) is 16.0. The van der Waals surface area contributed by atoms with Crippen molar-refractivity contribution in [1.29, 1.82) is 0 Å². The summed E-state index contributed by atoms with van der Waals surface area (Å²) in [5, 5.41) is 13.8. The molecular formula is C21H25N5O2. The molecule has 0 atom stereocenters. The van der Waals surface area contributed by atoms with Crippen LogP contribution in [-0.4, -0.2) is 45.2 Å². The summed E-state index contributed by atoms with van der Waals surface area (Å²) >= 11 is 0. The van der Waals surface area contributed by atoms with Gasteiger partial charge in [-0.25, -0.2) is 14.8 Å². The van der Waals surface area contributed by atoms with Gasteiger partial charge < -0.3 is 19.9 Å². The molecule has 2 N–H and O–H groups in total. The molecule has 28 heavy (non-hydrogen) atoms. The number of fused-ring (bicyclic) bond motifs is 1. The monoisotopic (exact) mass is 379 g/mol. The van der Waals surface area contributed by atoms with Gasteiger partial charge in [-0.3, -0.25) is 0 Å². The van der Waals surface area contributed by atoms with Crippen molar-refractivity contribution in [3.63, 3.8) is 0 Å². The first-order valence-corrected chi connectivity index (χ1v) is 9.66. The SMILES string of the molecule is Cn1c(CNCC2CCN(c3ncc(C(=O)O)cn3)CC2)cc2ccccc21. The Hall–Kier alpha value is -2.93. The predicted octanol–water partition coefficient (Wildman–Crippen LogP) is 2.67. The number of aromatic nitrogens is 3. The van der Waals surface area contributed by atoms with Crippen molar-refractivity contribution >= 4 is 22.8 Å². The zero-order chi connectivity index (χ0) is 19.5. The quantitative estimate of drug-likeness (QED) is 0.685. The fraction of sp³-hybridized carbons (Fsp3) is 0.381. The number of hydrogen-bond donors (Lipinski definition) is 2. The first-order valence-electron chi connectivity index (χ1n) is 9.66. The van der Waals surface area contributed by atoms with Crippen LogP contribution in [0.5, 0.6) is 0 Å². The van der Waals surface area contributed by atoms with Gasteiger partial charge in [-0.05, 0) is 42.8 Å². The van der Waals surface area contributed by atoms with Crippen LogP contribution < -0.4 is 10.2 Å². The Morgan fingerprint density at radius 3 is 2.61 bits per heavy atom. The number of aryl methyl sites for hydroxylation is 1. The molecule has 4 rings (SSSR count). The fourth-order valence-corrected chi connectivity index (χ4v) is 3.85. The Morgan fingerprint density at radius 1 is 1.21 bits per heavy atom. The van der Waals surface area contributed by atoms with E-state index < -0.39 is 5.97 Å². The normalized spacial score (nSPS) is 15.2. The highest BCUT2D eigenvalue weighted by Gasteiger charge is 2.21. The summed E-state index contributed by atoms with van der Waals surface area (Å²) in [5.74, 6) is 0.249. The lowest BCUT2D eigenvalue weighted by molar-refractivity contribution is 0.0696. The standard InChI is InChI=1S/C21H25N5O2/c1-25-18(10-16-4-2-3-5-19(16)25)14-22-11-15-6-8-26(9-7-15)21-23-12-17(13-24-21)20(27)28/h2-5,10,12-13,15,22H,6-9,11,14H2,1H3,(H,27,28). The Morgan fingerprint density at radius 2 is 1.93 bits per heavy atom. The number of carboxylic acids is 1. The number of anilines is 1. The molecule has 0 radical (unpaired) electrons. The van der Waals surface area contributed by atoms with Crippen LogP contribution in [0.4, 0.5) is 5.95 Å². The largest absolute Gasteiger partial charge is 0.478 e. The van der Waals surface area contributed by atoms with Gasteiger partial charge in [0.05, 0.1) is 5.56 Å². The van der Waals surface area contributed by atoms with Gasteiger partial charge in [-0.15, -0.1) is 0 Å². The van der Waals surface area contributed by atoms with Crippen molar-refractivity contribution in [2.75, 3.05) is 24.5 Å². The Labute approximate surface area is 164 Å². The summed E-state index contributed by atoms with van der Waals surface area (Å²) in [7, 11) is 2.12. The van der Waals surface area contributed by atoms with Crippen molar-refractivity contribution in [2.45, 2.75) is 19.4 Å². The minimum Gasteiger partial charge on any atom is -0.478 e. The van der Waals surface area contributed by atoms with Crippen LogP contribution in [0.25, 0.3) is 10.9 Å². The number of carbonyl (C=O) groups is 1. The third kappa shape index (κ3) is 3.84. The number of hydrogen-bond acceptors (Lipinski definition) is 5. The molecule has 0 spiro atoms. The van der Waals surface area contributed by atoms with Gasteiger partial charge in [0.25, 0.3) is 0 Å². The molecule has 1 aromatic carbocycles. The van der Waals surface area contributed by atoms with Crippen molar-refractivity contribution < 1.29 is 9.90 Å². The molecule has 3 heterocycles. The topological polar surface area (TPSA) is 83.3 Å². The second-order valence-electron chi connectivity index (χ2n) is 7.39. The van der Waals surface area contributed by atoms with Gasteiger partial charge >= 0.3 is 5.97 Å². The van der Waals surface area contributed by atoms with E-state index in [0.717, 1.165) is 39.0 Å². The predicted molar refractivity (Wildman–Crippen MR) is 109 cm³/mol.